The van der Waals surface area contributed by atoms with Crippen LogP contribution >= 0.6 is 0 Å². The molecule has 0 aliphatic heterocycles. The summed E-state index contributed by atoms with van der Waals surface area (Å²) in [4.78, 5) is 17.5. The Bertz CT molecular complexity index is 1280. The van der Waals surface area contributed by atoms with Crippen LogP contribution in [0.1, 0.15) is 36.0 Å². The SMILES string of the molecule is Cc1cc(COc2ccn(-c3ccc4nc(C5CC5)n(C)c4c3)c(=O)c2)n(C)n1. The third kappa shape index (κ3) is 3.22. The van der Waals surface area contributed by atoms with Gasteiger partial charge in [0.1, 0.15) is 18.2 Å². The summed E-state index contributed by atoms with van der Waals surface area (Å²) in [6.45, 7) is 2.31. The highest BCUT2D eigenvalue weighted by Gasteiger charge is 2.28. The van der Waals surface area contributed by atoms with Gasteiger partial charge in [-0.15, -0.1) is 0 Å². The van der Waals surface area contributed by atoms with E-state index in [0.717, 1.165) is 33.9 Å². The maximum Gasteiger partial charge on any atom is 0.258 e. The zero-order valence-electron chi connectivity index (χ0n) is 16.8. The molecule has 1 fully saturated rings. The number of ether oxygens (including phenoxy) is 1. The Balaban J connectivity index is 1.42. The second kappa shape index (κ2) is 6.62. The molecule has 0 N–H and O–H groups in total. The first-order valence-electron chi connectivity index (χ1n) is 9.81. The number of pyridine rings is 1. The van der Waals surface area contributed by atoms with E-state index in [0.29, 0.717) is 18.3 Å². The van der Waals surface area contributed by atoms with Gasteiger partial charge >= 0.3 is 0 Å². The second-order valence-electron chi connectivity index (χ2n) is 7.74. The molecule has 148 valence electrons. The number of hydrogen-bond acceptors (Lipinski definition) is 4. The Morgan fingerprint density at radius 2 is 1.97 bits per heavy atom. The number of nitrogens with zero attached hydrogens (tertiary/aromatic N) is 5. The number of fused-ring (bicyclic) bond motifs is 1. The summed E-state index contributed by atoms with van der Waals surface area (Å²) in [6, 6.07) is 11.2. The third-order valence-corrected chi connectivity index (χ3v) is 5.50. The van der Waals surface area contributed by atoms with Crippen molar-refractivity contribution >= 4 is 11.0 Å². The van der Waals surface area contributed by atoms with Crippen molar-refractivity contribution in [2.24, 2.45) is 14.1 Å². The van der Waals surface area contributed by atoms with E-state index >= 15 is 0 Å². The molecule has 29 heavy (non-hydrogen) atoms. The lowest BCUT2D eigenvalue weighted by molar-refractivity contribution is 0.294. The fourth-order valence-corrected chi connectivity index (χ4v) is 3.77. The van der Waals surface area contributed by atoms with Gasteiger partial charge in [0.2, 0.25) is 0 Å². The smallest absolute Gasteiger partial charge is 0.258 e. The lowest BCUT2D eigenvalue weighted by Crippen LogP contribution is -2.17. The molecule has 1 aliphatic carbocycles. The minimum atomic E-state index is -0.132. The van der Waals surface area contributed by atoms with Crippen molar-refractivity contribution in [3.63, 3.8) is 0 Å². The lowest BCUT2D eigenvalue weighted by Gasteiger charge is -2.09. The average molecular weight is 389 g/mol. The maximum atomic E-state index is 12.7. The number of aryl methyl sites for hydroxylation is 3. The quantitative estimate of drug-likeness (QED) is 0.526. The molecule has 0 atom stereocenters. The van der Waals surface area contributed by atoms with Crippen LogP contribution in [0.5, 0.6) is 5.75 Å². The summed E-state index contributed by atoms with van der Waals surface area (Å²) in [7, 11) is 3.93. The van der Waals surface area contributed by atoms with E-state index in [1.807, 2.05) is 51.4 Å². The minimum Gasteiger partial charge on any atom is -0.487 e. The molecule has 1 aromatic carbocycles. The van der Waals surface area contributed by atoms with E-state index < -0.39 is 0 Å². The van der Waals surface area contributed by atoms with Crippen molar-refractivity contribution in [2.45, 2.75) is 32.3 Å². The van der Waals surface area contributed by atoms with Crippen molar-refractivity contribution in [3.8, 4) is 11.4 Å². The molecule has 4 aromatic rings. The molecule has 0 saturated heterocycles. The van der Waals surface area contributed by atoms with Gasteiger partial charge in [0, 0.05) is 32.3 Å². The van der Waals surface area contributed by atoms with Crippen molar-refractivity contribution in [1.82, 2.24) is 23.9 Å². The number of hydrogen-bond donors (Lipinski definition) is 0. The molecule has 0 spiro atoms. The highest BCUT2D eigenvalue weighted by Crippen LogP contribution is 2.40. The monoisotopic (exact) mass is 389 g/mol. The predicted octanol–water partition coefficient (Wildman–Crippen LogP) is 3.22. The highest BCUT2D eigenvalue weighted by molar-refractivity contribution is 5.78. The van der Waals surface area contributed by atoms with Crippen LogP contribution in [-0.2, 0) is 20.7 Å². The first-order valence-corrected chi connectivity index (χ1v) is 9.81. The van der Waals surface area contributed by atoms with Crippen LogP contribution in [0.2, 0.25) is 0 Å². The predicted molar refractivity (Wildman–Crippen MR) is 111 cm³/mol. The molecule has 0 radical (unpaired) electrons. The van der Waals surface area contributed by atoms with Gasteiger partial charge in [0.15, 0.2) is 0 Å². The van der Waals surface area contributed by atoms with Crippen LogP contribution in [0.3, 0.4) is 0 Å². The Labute approximate surface area is 168 Å². The molecular weight excluding hydrogens is 366 g/mol. The molecule has 7 heteroatoms. The van der Waals surface area contributed by atoms with Crippen LogP contribution in [0.4, 0.5) is 0 Å². The van der Waals surface area contributed by atoms with Gasteiger partial charge < -0.3 is 9.30 Å². The first-order chi connectivity index (χ1) is 14.0. The summed E-state index contributed by atoms with van der Waals surface area (Å²) < 4.78 is 11.4. The standard InChI is InChI=1S/C22H23N5O2/c1-14-10-17(26(3)24-14)13-29-18-8-9-27(21(28)12-18)16-6-7-19-20(11-16)25(2)22(23-19)15-4-5-15/h6-12,15H,4-5,13H2,1-3H3. The van der Waals surface area contributed by atoms with Crippen molar-refractivity contribution in [1.29, 1.82) is 0 Å². The number of aromatic nitrogens is 5. The van der Waals surface area contributed by atoms with Gasteiger partial charge in [-0.2, -0.15) is 5.10 Å². The molecule has 0 bridgehead atoms. The van der Waals surface area contributed by atoms with Crippen LogP contribution in [-0.4, -0.2) is 23.9 Å². The van der Waals surface area contributed by atoms with E-state index in [2.05, 4.69) is 9.67 Å². The summed E-state index contributed by atoms with van der Waals surface area (Å²) in [5.41, 5.74) is 4.60. The molecule has 0 amide bonds. The molecular formula is C22H23N5O2. The van der Waals surface area contributed by atoms with Crippen molar-refractivity contribution in [2.75, 3.05) is 0 Å². The maximum absolute atomic E-state index is 12.7. The molecule has 7 nitrogen and oxygen atoms in total. The van der Waals surface area contributed by atoms with Gasteiger partial charge in [-0.05, 0) is 50.1 Å². The zero-order chi connectivity index (χ0) is 20.1. The van der Waals surface area contributed by atoms with Crippen molar-refractivity contribution in [3.05, 3.63) is 70.2 Å². The zero-order valence-corrected chi connectivity index (χ0v) is 16.8. The Kier molecular flexibility index (Phi) is 4.04. The highest BCUT2D eigenvalue weighted by atomic mass is 16.5. The molecule has 0 unspecified atom stereocenters. The van der Waals surface area contributed by atoms with Gasteiger partial charge in [-0.1, -0.05) is 0 Å². The van der Waals surface area contributed by atoms with Crippen LogP contribution < -0.4 is 10.3 Å². The average Bonchev–Trinajstić information content (AvgIpc) is 3.42. The van der Waals surface area contributed by atoms with Crippen LogP contribution in [0, 0.1) is 6.92 Å². The third-order valence-electron chi connectivity index (χ3n) is 5.50. The number of imidazole rings is 1. The van der Waals surface area contributed by atoms with E-state index in [4.69, 9.17) is 9.72 Å². The minimum absolute atomic E-state index is 0.132. The van der Waals surface area contributed by atoms with E-state index in [9.17, 15) is 4.79 Å². The topological polar surface area (TPSA) is 66.9 Å². The Morgan fingerprint density at radius 1 is 1.14 bits per heavy atom. The molecule has 3 aromatic heterocycles. The van der Waals surface area contributed by atoms with Gasteiger partial charge in [0.25, 0.3) is 5.56 Å². The largest absolute Gasteiger partial charge is 0.487 e. The summed E-state index contributed by atoms with van der Waals surface area (Å²) in [6.07, 6.45) is 4.18. The normalized spacial score (nSPS) is 13.9. The van der Waals surface area contributed by atoms with E-state index in [1.54, 1.807) is 15.4 Å². The van der Waals surface area contributed by atoms with E-state index in [-0.39, 0.29) is 5.56 Å². The molecule has 1 aliphatic rings. The fourth-order valence-electron chi connectivity index (χ4n) is 3.77. The molecule has 3 heterocycles. The summed E-state index contributed by atoms with van der Waals surface area (Å²) in [5, 5.41) is 4.31. The molecule has 5 rings (SSSR count). The van der Waals surface area contributed by atoms with Crippen LogP contribution in [0.15, 0.2) is 47.4 Å². The summed E-state index contributed by atoms with van der Waals surface area (Å²) >= 11 is 0. The van der Waals surface area contributed by atoms with Gasteiger partial charge in [0.05, 0.1) is 28.1 Å². The van der Waals surface area contributed by atoms with Crippen molar-refractivity contribution < 1.29 is 4.74 Å². The van der Waals surface area contributed by atoms with Crippen LogP contribution in [0.25, 0.3) is 16.7 Å². The van der Waals surface area contributed by atoms with Gasteiger partial charge in [-0.25, -0.2) is 4.98 Å². The summed E-state index contributed by atoms with van der Waals surface area (Å²) in [5.74, 6) is 2.26. The Hall–Kier alpha value is -3.35. The number of benzene rings is 1. The number of rotatable bonds is 5. The first kappa shape index (κ1) is 17.7. The van der Waals surface area contributed by atoms with Gasteiger partial charge in [-0.3, -0.25) is 14.0 Å². The molecule has 1 saturated carbocycles. The Morgan fingerprint density at radius 3 is 2.66 bits per heavy atom. The lowest BCUT2D eigenvalue weighted by atomic mass is 10.2. The van der Waals surface area contributed by atoms with E-state index in [1.165, 1.54) is 18.9 Å². The fraction of sp³-hybridized carbons (Fsp3) is 0.318. The second-order valence-corrected chi connectivity index (χ2v) is 7.74.